The molecule has 0 aliphatic carbocycles. The average molecular weight is 773 g/mol. The Balaban J connectivity index is 0.000000261. The van der Waals surface area contributed by atoms with E-state index in [0.29, 0.717) is 0 Å². The van der Waals surface area contributed by atoms with Crippen LogP contribution in [0.25, 0.3) is 29.4 Å². The van der Waals surface area contributed by atoms with Gasteiger partial charge in [0.25, 0.3) is 0 Å². The van der Waals surface area contributed by atoms with Gasteiger partial charge in [0.15, 0.2) is 0 Å². The fourth-order valence-electron chi connectivity index (χ4n) is 5.19. The van der Waals surface area contributed by atoms with Crippen LogP contribution in [0.3, 0.4) is 0 Å². The molecular formula is C59H64. The number of rotatable bonds is 7. The van der Waals surface area contributed by atoms with Gasteiger partial charge in [-0.3, -0.25) is 0 Å². The van der Waals surface area contributed by atoms with E-state index in [-0.39, 0.29) is 7.43 Å². The SMILES string of the molecule is C.C=C/C=C(C=C)/C=C/c1ccc(C)cc1.Cc1ccc(-c2ccc(C)cc2)cc1.Cc1ccc(/C=C/c2ccccc2)cc1.Cc1ccccc1.Cc1ccccc1. The molecule has 0 aromatic heterocycles. The largest absolute Gasteiger partial charge is 0.0990 e. The van der Waals surface area contributed by atoms with Gasteiger partial charge in [-0.05, 0) is 74.9 Å². The minimum absolute atomic E-state index is 0. The summed E-state index contributed by atoms with van der Waals surface area (Å²) in [6.45, 7) is 20.0. The summed E-state index contributed by atoms with van der Waals surface area (Å²) in [5, 5.41) is 0. The monoisotopic (exact) mass is 773 g/mol. The molecule has 0 radical (unpaired) electrons. The molecule has 7 rings (SSSR count). The van der Waals surface area contributed by atoms with Crippen LogP contribution < -0.4 is 0 Å². The maximum absolute atomic E-state index is 3.74. The molecular weight excluding hydrogens is 709 g/mol. The third-order valence-electron chi connectivity index (χ3n) is 8.75. The highest BCUT2D eigenvalue weighted by atomic mass is 14.0. The van der Waals surface area contributed by atoms with Gasteiger partial charge < -0.3 is 0 Å². The molecule has 0 nitrogen and oxygen atoms in total. The van der Waals surface area contributed by atoms with E-state index in [9.17, 15) is 0 Å². The van der Waals surface area contributed by atoms with Crippen LogP contribution in [0.4, 0.5) is 0 Å². The molecule has 0 spiro atoms. The molecule has 0 heteroatoms. The Morgan fingerprint density at radius 3 is 0.932 bits per heavy atom. The topological polar surface area (TPSA) is 0 Å². The maximum Gasteiger partial charge on any atom is -0.0184 e. The molecule has 0 saturated carbocycles. The van der Waals surface area contributed by atoms with Crippen molar-refractivity contribution in [3.63, 3.8) is 0 Å². The minimum atomic E-state index is 0. The fourth-order valence-corrected chi connectivity index (χ4v) is 5.19. The highest BCUT2D eigenvalue weighted by Crippen LogP contribution is 2.20. The van der Waals surface area contributed by atoms with Gasteiger partial charge >= 0.3 is 0 Å². The van der Waals surface area contributed by atoms with Crippen molar-refractivity contribution in [2.45, 2.75) is 49.0 Å². The predicted molar refractivity (Wildman–Crippen MR) is 266 cm³/mol. The van der Waals surface area contributed by atoms with Crippen LogP contribution in [0, 0.1) is 41.5 Å². The lowest BCUT2D eigenvalue weighted by atomic mass is 10.0. The van der Waals surface area contributed by atoms with E-state index in [1.807, 2.05) is 60.7 Å². The summed E-state index contributed by atoms with van der Waals surface area (Å²) in [5.74, 6) is 0. The standard InChI is InChI=1S/C15H14.C15H16.C14H14.2C7H8.CH4/c1-13-7-9-15(10-8-13)12-11-14-5-3-2-4-6-14;1-4-6-14(5-2)11-12-15-9-7-13(3)8-10-15;1-11-3-7-13(8-4-11)14-9-5-12(2)6-10-14;2*1-7-5-3-2-4-6-7;/h2-12H,1H3;4-12H,1-2H2,3H3;3-10H,1-2H3;2*2-6H,1H3;1H4/b12-11+;12-11+,14-6+;;;;. The summed E-state index contributed by atoms with van der Waals surface area (Å²) in [7, 11) is 0. The lowest BCUT2D eigenvalue weighted by molar-refractivity contribution is 1.45. The van der Waals surface area contributed by atoms with E-state index >= 15 is 0 Å². The Morgan fingerprint density at radius 1 is 0.339 bits per heavy atom. The van der Waals surface area contributed by atoms with Crippen molar-refractivity contribution in [2.75, 3.05) is 0 Å². The van der Waals surface area contributed by atoms with Crippen LogP contribution in [0.2, 0.25) is 0 Å². The Kier molecular flexibility index (Phi) is 23.5. The summed E-state index contributed by atoms with van der Waals surface area (Å²) in [4.78, 5) is 0. The van der Waals surface area contributed by atoms with E-state index in [1.54, 1.807) is 6.08 Å². The van der Waals surface area contributed by atoms with Crippen molar-refractivity contribution in [1.29, 1.82) is 0 Å². The average Bonchev–Trinajstić information content (AvgIpc) is 3.25. The van der Waals surface area contributed by atoms with Crippen molar-refractivity contribution in [3.05, 3.63) is 281 Å². The summed E-state index contributed by atoms with van der Waals surface area (Å²) in [5.41, 5.74) is 15.1. The van der Waals surface area contributed by atoms with E-state index in [4.69, 9.17) is 0 Å². The van der Waals surface area contributed by atoms with Crippen LogP contribution in [0.15, 0.2) is 231 Å². The predicted octanol–water partition coefficient (Wildman–Crippen LogP) is 17.1. The first-order valence-corrected chi connectivity index (χ1v) is 19.8. The molecule has 0 atom stereocenters. The van der Waals surface area contributed by atoms with E-state index in [2.05, 4.69) is 219 Å². The second kappa shape index (κ2) is 28.6. The van der Waals surface area contributed by atoms with Gasteiger partial charge in [0, 0.05) is 0 Å². The smallest absolute Gasteiger partial charge is 0.0184 e. The Bertz CT molecular complexity index is 2150. The molecule has 0 fully saturated rings. The Hall–Kier alpha value is -6.76. The maximum atomic E-state index is 3.74. The Morgan fingerprint density at radius 2 is 0.627 bits per heavy atom. The third-order valence-corrected chi connectivity index (χ3v) is 8.75. The lowest BCUT2D eigenvalue weighted by Gasteiger charge is -2.02. The molecule has 0 aliphatic heterocycles. The van der Waals surface area contributed by atoms with Crippen LogP contribution in [-0.2, 0) is 0 Å². The molecule has 300 valence electrons. The van der Waals surface area contributed by atoms with Crippen molar-refractivity contribution in [1.82, 2.24) is 0 Å². The number of hydrogen-bond acceptors (Lipinski definition) is 0. The van der Waals surface area contributed by atoms with Gasteiger partial charge in [0.2, 0.25) is 0 Å². The van der Waals surface area contributed by atoms with Crippen molar-refractivity contribution in [2.24, 2.45) is 0 Å². The van der Waals surface area contributed by atoms with Gasteiger partial charge in [-0.2, -0.15) is 0 Å². The fraction of sp³-hybridized carbons (Fsp3) is 0.119. The lowest BCUT2D eigenvalue weighted by Crippen LogP contribution is -1.78. The van der Waals surface area contributed by atoms with Gasteiger partial charge in [-0.1, -0.05) is 285 Å². The molecule has 7 aromatic rings. The molecule has 0 amide bonds. The molecule has 0 saturated heterocycles. The molecule has 0 heterocycles. The zero-order valence-corrected chi connectivity index (χ0v) is 35.4. The second-order valence-electron chi connectivity index (χ2n) is 14.0. The van der Waals surface area contributed by atoms with Crippen molar-refractivity contribution < 1.29 is 0 Å². The highest BCUT2D eigenvalue weighted by Gasteiger charge is 1.95. The highest BCUT2D eigenvalue weighted by molar-refractivity contribution is 5.69. The summed E-state index contributed by atoms with van der Waals surface area (Å²) in [6, 6.07) is 65.0. The first kappa shape index (κ1) is 48.4. The molecule has 0 aliphatic rings. The molecule has 0 N–H and O–H groups in total. The summed E-state index contributed by atoms with van der Waals surface area (Å²) < 4.78 is 0. The van der Waals surface area contributed by atoms with E-state index in [1.165, 1.54) is 61.2 Å². The second-order valence-corrected chi connectivity index (χ2v) is 14.0. The third kappa shape index (κ3) is 21.4. The quantitative estimate of drug-likeness (QED) is 0.112. The van der Waals surface area contributed by atoms with Crippen LogP contribution >= 0.6 is 0 Å². The van der Waals surface area contributed by atoms with Crippen LogP contribution in [-0.4, -0.2) is 0 Å². The molecule has 0 unspecified atom stereocenters. The number of benzene rings is 7. The van der Waals surface area contributed by atoms with Gasteiger partial charge in [0.05, 0.1) is 0 Å². The normalized spacial score (nSPS) is 10.2. The number of hydrogen-bond donors (Lipinski definition) is 0. The molecule has 7 aromatic carbocycles. The van der Waals surface area contributed by atoms with Crippen LogP contribution in [0.5, 0.6) is 0 Å². The number of aryl methyl sites for hydroxylation is 6. The summed E-state index contributed by atoms with van der Waals surface area (Å²) >= 11 is 0. The summed E-state index contributed by atoms with van der Waals surface area (Å²) in [6.07, 6.45) is 13.9. The first-order valence-electron chi connectivity index (χ1n) is 19.8. The zero-order valence-electron chi connectivity index (χ0n) is 35.4. The van der Waals surface area contributed by atoms with E-state index in [0.717, 1.165) is 5.57 Å². The minimum Gasteiger partial charge on any atom is -0.0990 e. The number of allylic oxidation sites excluding steroid dienone is 5. The molecule has 59 heavy (non-hydrogen) atoms. The Labute approximate surface area is 358 Å². The molecule has 0 bridgehead atoms. The van der Waals surface area contributed by atoms with Gasteiger partial charge in [0.1, 0.15) is 0 Å². The zero-order chi connectivity index (χ0) is 41.8. The van der Waals surface area contributed by atoms with Crippen LogP contribution in [0.1, 0.15) is 57.5 Å². The van der Waals surface area contributed by atoms with E-state index < -0.39 is 0 Å². The van der Waals surface area contributed by atoms with Gasteiger partial charge in [-0.15, -0.1) is 0 Å². The van der Waals surface area contributed by atoms with Gasteiger partial charge in [-0.25, -0.2) is 0 Å². The van der Waals surface area contributed by atoms with Crippen molar-refractivity contribution in [3.8, 4) is 11.1 Å². The first-order chi connectivity index (χ1) is 28.1. The van der Waals surface area contributed by atoms with Crippen molar-refractivity contribution >= 4 is 18.2 Å².